The third-order valence-corrected chi connectivity index (χ3v) is 3.11. The number of carbonyl (C=O) groups is 1. The number of rotatable bonds is 5. The molecule has 0 aliphatic carbocycles. The first-order chi connectivity index (χ1) is 7.81. The van der Waals surface area contributed by atoms with Crippen molar-refractivity contribution in [2.75, 3.05) is 0 Å². The Hall–Kier alpha value is -1.42. The Morgan fingerprint density at radius 3 is 3.12 bits per heavy atom. The Kier molecular flexibility index (Phi) is 3.51. The van der Waals surface area contributed by atoms with E-state index in [0.29, 0.717) is 12.2 Å². The van der Waals surface area contributed by atoms with E-state index < -0.39 is 0 Å². The van der Waals surface area contributed by atoms with Crippen LogP contribution in [0.15, 0.2) is 29.2 Å². The molecule has 2 rings (SSSR count). The van der Waals surface area contributed by atoms with Gasteiger partial charge in [0.25, 0.3) is 0 Å². The summed E-state index contributed by atoms with van der Waals surface area (Å²) in [6.07, 6.45) is 5.01. The second-order valence-corrected chi connectivity index (χ2v) is 4.46. The Bertz CT molecular complexity index is 459. The lowest BCUT2D eigenvalue weighted by Crippen LogP contribution is -2.12. The van der Waals surface area contributed by atoms with E-state index in [2.05, 4.69) is 11.9 Å². The molecule has 84 valence electrons. The van der Waals surface area contributed by atoms with Crippen molar-refractivity contribution < 1.29 is 4.79 Å². The fourth-order valence-electron chi connectivity index (χ4n) is 1.64. The molecule has 0 radical (unpaired) electrons. The molecule has 0 aliphatic rings. The van der Waals surface area contributed by atoms with E-state index in [-0.39, 0.29) is 5.78 Å². The molecule has 0 amide bonds. The van der Waals surface area contributed by atoms with Gasteiger partial charge in [0.05, 0.1) is 0 Å². The van der Waals surface area contributed by atoms with Gasteiger partial charge in [0.1, 0.15) is 0 Å². The highest BCUT2D eigenvalue weighted by atomic mass is 32.1. The Morgan fingerprint density at radius 2 is 2.44 bits per heavy atom. The van der Waals surface area contributed by atoms with Gasteiger partial charge < -0.3 is 4.57 Å². The minimum absolute atomic E-state index is 0.0943. The van der Waals surface area contributed by atoms with Crippen LogP contribution in [0.5, 0.6) is 0 Å². The molecule has 2 aromatic rings. The van der Waals surface area contributed by atoms with E-state index in [1.165, 1.54) is 0 Å². The zero-order chi connectivity index (χ0) is 11.4. The minimum atomic E-state index is 0.0943. The van der Waals surface area contributed by atoms with Crippen LogP contribution in [0.25, 0.3) is 0 Å². The standard InChI is InChI=1S/C12H14N2OS/c1-2-5-14-6-4-13-12(14)11(15)8-10-3-7-16-9-10/h3-4,6-7,9H,2,5,8H2,1H3. The van der Waals surface area contributed by atoms with Gasteiger partial charge in [-0.05, 0) is 28.8 Å². The topological polar surface area (TPSA) is 34.9 Å². The fraction of sp³-hybridized carbons (Fsp3) is 0.333. The Balaban J connectivity index is 2.11. The first-order valence-electron chi connectivity index (χ1n) is 5.36. The normalized spacial score (nSPS) is 10.6. The highest BCUT2D eigenvalue weighted by Crippen LogP contribution is 2.10. The van der Waals surface area contributed by atoms with Crippen LogP contribution in [0.4, 0.5) is 0 Å². The number of hydrogen-bond acceptors (Lipinski definition) is 3. The molecule has 4 heteroatoms. The van der Waals surface area contributed by atoms with Crippen LogP contribution in [0.2, 0.25) is 0 Å². The molecular weight excluding hydrogens is 220 g/mol. The van der Waals surface area contributed by atoms with Gasteiger partial charge in [-0.25, -0.2) is 4.98 Å². The van der Waals surface area contributed by atoms with E-state index in [1.807, 2.05) is 27.6 Å². The maximum absolute atomic E-state index is 12.0. The zero-order valence-electron chi connectivity index (χ0n) is 9.22. The molecule has 3 nitrogen and oxygen atoms in total. The average Bonchev–Trinajstić information content (AvgIpc) is 2.89. The lowest BCUT2D eigenvalue weighted by Gasteiger charge is -2.04. The van der Waals surface area contributed by atoms with Crippen molar-refractivity contribution in [3.63, 3.8) is 0 Å². The average molecular weight is 234 g/mol. The van der Waals surface area contributed by atoms with Crippen molar-refractivity contribution in [1.82, 2.24) is 9.55 Å². The predicted octanol–water partition coefficient (Wildman–Crippen LogP) is 2.78. The number of thiophene rings is 1. The molecule has 0 saturated carbocycles. The quantitative estimate of drug-likeness (QED) is 0.746. The summed E-state index contributed by atoms with van der Waals surface area (Å²) in [5.41, 5.74) is 1.07. The van der Waals surface area contributed by atoms with Gasteiger partial charge in [-0.1, -0.05) is 6.92 Å². The number of imidazole rings is 1. The molecule has 0 aromatic carbocycles. The second kappa shape index (κ2) is 5.07. The van der Waals surface area contributed by atoms with Crippen LogP contribution in [-0.2, 0) is 13.0 Å². The Labute approximate surface area is 98.8 Å². The third-order valence-electron chi connectivity index (χ3n) is 2.37. The van der Waals surface area contributed by atoms with E-state index in [4.69, 9.17) is 0 Å². The SMILES string of the molecule is CCCn1ccnc1C(=O)Cc1ccsc1. The fourth-order valence-corrected chi connectivity index (χ4v) is 2.31. The molecule has 0 fully saturated rings. The summed E-state index contributed by atoms with van der Waals surface area (Å²) in [5, 5.41) is 3.99. The van der Waals surface area contributed by atoms with E-state index >= 15 is 0 Å². The van der Waals surface area contributed by atoms with Crippen molar-refractivity contribution in [1.29, 1.82) is 0 Å². The number of aromatic nitrogens is 2. The molecule has 2 aromatic heterocycles. The van der Waals surface area contributed by atoms with Crippen molar-refractivity contribution in [3.05, 3.63) is 40.6 Å². The van der Waals surface area contributed by atoms with Gasteiger partial charge in [-0.2, -0.15) is 11.3 Å². The zero-order valence-corrected chi connectivity index (χ0v) is 10.0. The molecule has 2 heterocycles. The van der Waals surface area contributed by atoms with Gasteiger partial charge in [-0.3, -0.25) is 4.79 Å². The molecule has 0 unspecified atom stereocenters. The second-order valence-electron chi connectivity index (χ2n) is 3.68. The third kappa shape index (κ3) is 2.39. The van der Waals surface area contributed by atoms with Crippen LogP contribution in [0, 0.1) is 0 Å². The number of ketones is 1. The molecule has 0 saturated heterocycles. The molecule has 16 heavy (non-hydrogen) atoms. The molecule has 0 spiro atoms. The molecule has 0 bridgehead atoms. The van der Waals surface area contributed by atoms with Crippen LogP contribution >= 0.6 is 11.3 Å². The van der Waals surface area contributed by atoms with Gasteiger partial charge in [0.15, 0.2) is 5.82 Å². The summed E-state index contributed by atoms with van der Waals surface area (Å²) in [4.78, 5) is 16.1. The van der Waals surface area contributed by atoms with Crippen LogP contribution in [0.3, 0.4) is 0 Å². The monoisotopic (exact) mass is 234 g/mol. The number of hydrogen-bond donors (Lipinski definition) is 0. The lowest BCUT2D eigenvalue weighted by atomic mass is 10.1. The number of aryl methyl sites for hydroxylation is 1. The Morgan fingerprint density at radius 1 is 1.56 bits per heavy atom. The van der Waals surface area contributed by atoms with Crippen LogP contribution in [-0.4, -0.2) is 15.3 Å². The summed E-state index contributed by atoms with van der Waals surface area (Å²) in [7, 11) is 0. The van der Waals surface area contributed by atoms with E-state index in [1.54, 1.807) is 17.5 Å². The molecular formula is C12H14N2OS. The van der Waals surface area contributed by atoms with Crippen molar-refractivity contribution in [2.24, 2.45) is 0 Å². The lowest BCUT2D eigenvalue weighted by molar-refractivity contribution is 0.0979. The number of carbonyl (C=O) groups excluding carboxylic acids is 1. The summed E-state index contributed by atoms with van der Waals surface area (Å²) in [6, 6.07) is 1.98. The summed E-state index contributed by atoms with van der Waals surface area (Å²) < 4.78 is 1.93. The largest absolute Gasteiger partial charge is 0.329 e. The maximum atomic E-state index is 12.0. The van der Waals surface area contributed by atoms with Crippen molar-refractivity contribution in [3.8, 4) is 0 Å². The first kappa shape index (κ1) is 11.1. The highest BCUT2D eigenvalue weighted by Gasteiger charge is 2.12. The smallest absolute Gasteiger partial charge is 0.202 e. The van der Waals surface area contributed by atoms with Gasteiger partial charge >= 0.3 is 0 Å². The first-order valence-corrected chi connectivity index (χ1v) is 6.31. The minimum Gasteiger partial charge on any atom is -0.329 e. The highest BCUT2D eigenvalue weighted by molar-refractivity contribution is 7.08. The summed E-state index contributed by atoms with van der Waals surface area (Å²) in [5.74, 6) is 0.671. The summed E-state index contributed by atoms with van der Waals surface area (Å²) >= 11 is 1.61. The molecule has 0 atom stereocenters. The predicted molar refractivity (Wildman–Crippen MR) is 64.9 cm³/mol. The maximum Gasteiger partial charge on any atom is 0.202 e. The van der Waals surface area contributed by atoms with Gasteiger partial charge in [-0.15, -0.1) is 0 Å². The number of Topliss-reactive ketones (excluding diaryl/α,β-unsaturated/α-hetero) is 1. The van der Waals surface area contributed by atoms with Gasteiger partial charge in [0.2, 0.25) is 5.78 Å². The van der Waals surface area contributed by atoms with Crippen molar-refractivity contribution >= 4 is 17.1 Å². The van der Waals surface area contributed by atoms with Crippen LogP contribution in [0.1, 0.15) is 29.5 Å². The van der Waals surface area contributed by atoms with E-state index in [0.717, 1.165) is 18.5 Å². The number of nitrogens with zero attached hydrogens (tertiary/aromatic N) is 2. The molecule has 0 aliphatic heterocycles. The van der Waals surface area contributed by atoms with Crippen LogP contribution < -0.4 is 0 Å². The molecule has 0 N–H and O–H groups in total. The van der Waals surface area contributed by atoms with E-state index in [9.17, 15) is 4.79 Å². The van der Waals surface area contributed by atoms with Crippen molar-refractivity contribution in [2.45, 2.75) is 26.3 Å². The summed E-state index contributed by atoms with van der Waals surface area (Å²) in [6.45, 7) is 2.94. The van der Waals surface area contributed by atoms with Gasteiger partial charge in [0, 0.05) is 25.4 Å².